The van der Waals surface area contributed by atoms with E-state index in [4.69, 9.17) is 5.73 Å². The van der Waals surface area contributed by atoms with Gasteiger partial charge in [-0.15, -0.1) is 0 Å². The maximum atomic E-state index is 5.35. The summed E-state index contributed by atoms with van der Waals surface area (Å²) in [7, 11) is 0. The zero-order chi connectivity index (χ0) is 18.2. The standard InChI is InChI=1S/C15H24N2.C7H9N.Pt/c1-3-7-14(8-4-1)16-11-12-17(13-16)15-9-5-2-6-10-15;8-6-7-4-2-1-3-5-7;/h11-12,14-15H,1-10H2;1-5H,6,8H2;. The molecule has 0 radical (unpaired) electrons. The zero-order valence-electron chi connectivity index (χ0n) is 15.8. The number of nitrogens with zero attached hydrogens (tertiary/aromatic N) is 2. The van der Waals surface area contributed by atoms with Gasteiger partial charge in [0, 0.05) is 6.54 Å². The van der Waals surface area contributed by atoms with Gasteiger partial charge in [-0.25, -0.2) is 0 Å². The quantitative estimate of drug-likeness (QED) is 0.553. The van der Waals surface area contributed by atoms with Gasteiger partial charge < -0.3 is 5.73 Å². The monoisotopic (exact) mass is 534 g/mol. The number of rotatable bonds is 3. The van der Waals surface area contributed by atoms with E-state index in [9.17, 15) is 0 Å². The fourth-order valence-corrected chi connectivity index (χ4v) is 5.41. The summed E-state index contributed by atoms with van der Waals surface area (Å²) in [6, 6.07) is 11.5. The summed E-state index contributed by atoms with van der Waals surface area (Å²) in [6.45, 7) is 0.640. The molecule has 26 heavy (non-hydrogen) atoms. The number of hydrogen-bond donors (Lipinski definition) is 1. The summed E-state index contributed by atoms with van der Waals surface area (Å²) < 4.78 is 6.57. The van der Waals surface area contributed by atoms with Crippen molar-refractivity contribution in [3.63, 3.8) is 0 Å². The molecule has 0 amide bonds. The van der Waals surface area contributed by atoms with Crippen molar-refractivity contribution < 1.29 is 19.4 Å². The molecule has 3 nitrogen and oxygen atoms in total. The Morgan fingerprint density at radius 2 is 1.23 bits per heavy atom. The molecule has 2 fully saturated rings. The summed E-state index contributed by atoms with van der Waals surface area (Å²) >= 11 is 2.55. The third kappa shape index (κ3) is 5.30. The molecule has 0 bridgehead atoms. The van der Waals surface area contributed by atoms with Gasteiger partial charge >= 0.3 is 121 Å². The first-order chi connectivity index (χ1) is 12.8. The molecule has 0 spiro atoms. The van der Waals surface area contributed by atoms with Crippen molar-refractivity contribution in [3.8, 4) is 0 Å². The Balaban J connectivity index is 0.000000206. The first-order valence-corrected chi connectivity index (χ1v) is 11.4. The van der Waals surface area contributed by atoms with Crippen LogP contribution in [0, 0.1) is 3.80 Å². The molecular formula is C22H33N3Pt. The van der Waals surface area contributed by atoms with E-state index in [1.807, 2.05) is 30.3 Å². The Labute approximate surface area is 169 Å². The van der Waals surface area contributed by atoms with Crippen molar-refractivity contribution in [1.29, 1.82) is 0 Å². The normalized spacial score (nSPS) is 19.0. The third-order valence-corrected chi connectivity index (χ3v) is 6.97. The molecule has 0 atom stereocenters. The number of nitrogens with two attached hydrogens (primary N) is 1. The predicted molar refractivity (Wildman–Crippen MR) is 104 cm³/mol. The van der Waals surface area contributed by atoms with Crippen molar-refractivity contribution in [2.45, 2.75) is 82.8 Å². The second kappa shape index (κ2) is 10.4. The van der Waals surface area contributed by atoms with Crippen LogP contribution in [-0.2, 0) is 25.9 Å². The van der Waals surface area contributed by atoms with E-state index in [0.717, 1.165) is 12.1 Å². The first kappa shape index (κ1) is 19.8. The van der Waals surface area contributed by atoms with Crippen molar-refractivity contribution in [2.24, 2.45) is 5.73 Å². The Morgan fingerprint density at radius 3 is 1.62 bits per heavy atom. The van der Waals surface area contributed by atoms with Gasteiger partial charge in [-0.1, -0.05) is 30.3 Å². The van der Waals surface area contributed by atoms with E-state index >= 15 is 0 Å². The summed E-state index contributed by atoms with van der Waals surface area (Å²) in [6.07, 6.45) is 18.8. The number of benzene rings is 1. The predicted octanol–water partition coefficient (Wildman–Crippen LogP) is 5.52. The molecule has 1 aromatic carbocycles. The van der Waals surface area contributed by atoms with Crippen LogP contribution in [0.1, 0.15) is 81.9 Å². The van der Waals surface area contributed by atoms with Crippen molar-refractivity contribution >= 4 is 0 Å². The van der Waals surface area contributed by atoms with Gasteiger partial charge in [-0.05, 0) is 5.56 Å². The summed E-state index contributed by atoms with van der Waals surface area (Å²) in [5, 5.41) is 0. The van der Waals surface area contributed by atoms with E-state index in [0.29, 0.717) is 6.54 Å². The Hall–Kier alpha value is -0.922. The van der Waals surface area contributed by atoms with E-state index in [1.165, 1.54) is 73.6 Å². The molecule has 146 valence electrons. The van der Waals surface area contributed by atoms with Gasteiger partial charge in [0.1, 0.15) is 0 Å². The molecule has 0 saturated heterocycles. The van der Waals surface area contributed by atoms with Crippen LogP contribution in [0.15, 0.2) is 42.7 Å². The summed E-state index contributed by atoms with van der Waals surface area (Å²) in [5.41, 5.74) is 6.54. The molecular weight excluding hydrogens is 501 g/mol. The van der Waals surface area contributed by atoms with Crippen LogP contribution in [0.3, 0.4) is 0 Å². The molecule has 2 N–H and O–H groups in total. The molecule has 2 aliphatic rings. The average Bonchev–Trinajstić information content (AvgIpc) is 3.12. The molecule has 2 saturated carbocycles. The SMILES string of the molecule is NCc1ccccc1.[Pt]=[c]1n(C2CCCCC2)ccn1C1CCCCC1. The van der Waals surface area contributed by atoms with Crippen molar-refractivity contribution in [1.82, 2.24) is 9.13 Å². The topological polar surface area (TPSA) is 35.9 Å². The van der Waals surface area contributed by atoms with Crippen LogP contribution in [0.5, 0.6) is 0 Å². The van der Waals surface area contributed by atoms with Gasteiger partial charge in [0.15, 0.2) is 0 Å². The minimum absolute atomic E-state index is 0.640. The van der Waals surface area contributed by atoms with Crippen LogP contribution < -0.4 is 5.73 Å². The first-order valence-electron chi connectivity index (χ1n) is 10.3. The molecule has 0 unspecified atom stereocenters. The second-order valence-electron chi connectivity index (χ2n) is 7.63. The minimum atomic E-state index is 0.640. The molecule has 2 aliphatic carbocycles. The number of aromatic nitrogens is 2. The van der Waals surface area contributed by atoms with Crippen LogP contribution >= 0.6 is 0 Å². The molecule has 1 aromatic heterocycles. The van der Waals surface area contributed by atoms with E-state index < -0.39 is 0 Å². The Bertz CT molecular complexity index is 653. The van der Waals surface area contributed by atoms with Crippen molar-refractivity contribution in [2.75, 3.05) is 0 Å². The van der Waals surface area contributed by atoms with Gasteiger partial charge in [0.2, 0.25) is 0 Å². The van der Waals surface area contributed by atoms with Crippen LogP contribution in [0.4, 0.5) is 0 Å². The van der Waals surface area contributed by atoms with E-state index in [-0.39, 0.29) is 0 Å². The molecule has 4 heteroatoms. The third-order valence-electron chi connectivity index (χ3n) is 5.80. The number of imidazole rings is 1. The molecule has 2 aromatic rings. The van der Waals surface area contributed by atoms with Crippen LogP contribution in [-0.4, -0.2) is 9.13 Å². The van der Waals surface area contributed by atoms with Crippen LogP contribution in [0.2, 0.25) is 0 Å². The summed E-state index contributed by atoms with van der Waals surface area (Å²) in [5.74, 6) is 0. The van der Waals surface area contributed by atoms with E-state index in [2.05, 4.69) is 40.9 Å². The van der Waals surface area contributed by atoms with Crippen molar-refractivity contribution in [3.05, 3.63) is 52.1 Å². The van der Waals surface area contributed by atoms with Gasteiger partial charge in [-0.3, -0.25) is 0 Å². The van der Waals surface area contributed by atoms with Gasteiger partial charge in [-0.2, -0.15) is 0 Å². The molecule has 4 rings (SSSR count). The fraction of sp³-hybridized carbons (Fsp3) is 0.591. The van der Waals surface area contributed by atoms with Gasteiger partial charge in [0.25, 0.3) is 0 Å². The number of hydrogen-bond acceptors (Lipinski definition) is 1. The van der Waals surface area contributed by atoms with E-state index in [1.54, 1.807) is 0 Å². The summed E-state index contributed by atoms with van der Waals surface area (Å²) in [4.78, 5) is 0. The maximum absolute atomic E-state index is 5.35. The molecule has 1 heterocycles. The van der Waals surface area contributed by atoms with Crippen LogP contribution in [0.25, 0.3) is 0 Å². The Morgan fingerprint density at radius 1 is 0.769 bits per heavy atom. The zero-order valence-corrected chi connectivity index (χ0v) is 18.0. The average molecular weight is 535 g/mol. The fourth-order valence-electron chi connectivity index (χ4n) is 4.25. The Kier molecular flexibility index (Phi) is 7.95. The molecule has 0 aliphatic heterocycles. The van der Waals surface area contributed by atoms with Gasteiger partial charge in [0.05, 0.1) is 0 Å². The second-order valence-corrected chi connectivity index (χ2v) is 8.64.